The van der Waals surface area contributed by atoms with Crippen molar-refractivity contribution in [3.8, 4) is 0 Å². The van der Waals surface area contributed by atoms with Gasteiger partial charge < -0.3 is 10.1 Å². The normalized spacial score (nSPS) is 20.5. The van der Waals surface area contributed by atoms with Crippen molar-refractivity contribution in [2.24, 2.45) is 0 Å². The Labute approximate surface area is 165 Å². The van der Waals surface area contributed by atoms with Crippen LogP contribution in [-0.4, -0.2) is 47.8 Å². The van der Waals surface area contributed by atoms with Gasteiger partial charge in [-0.2, -0.15) is 0 Å². The van der Waals surface area contributed by atoms with Crippen LogP contribution in [0, 0.1) is 13.8 Å². The number of hydrogen-bond acceptors (Lipinski definition) is 4. The number of nitrogens with one attached hydrogen (secondary N) is 3. The quantitative estimate of drug-likeness (QED) is 0.535. The molecular formula is C18H27ClN4O2S. The van der Waals surface area contributed by atoms with Gasteiger partial charge in [-0.1, -0.05) is 17.7 Å². The van der Waals surface area contributed by atoms with Crippen molar-refractivity contribution in [3.63, 3.8) is 0 Å². The van der Waals surface area contributed by atoms with Gasteiger partial charge in [-0.15, -0.1) is 0 Å². The van der Waals surface area contributed by atoms with Crippen molar-refractivity contribution in [3.05, 3.63) is 28.3 Å². The van der Waals surface area contributed by atoms with E-state index in [4.69, 9.17) is 28.6 Å². The van der Waals surface area contributed by atoms with Gasteiger partial charge in [0.1, 0.15) is 0 Å². The minimum absolute atomic E-state index is 0.118. The smallest absolute Gasteiger partial charge is 0.239 e. The van der Waals surface area contributed by atoms with Crippen molar-refractivity contribution >= 4 is 40.5 Å². The van der Waals surface area contributed by atoms with Crippen LogP contribution in [0.1, 0.15) is 31.4 Å². The Hall–Kier alpha value is -1.41. The van der Waals surface area contributed by atoms with Gasteiger partial charge in [0.05, 0.1) is 22.9 Å². The van der Waals surface area contributed by atoms with E-state index in [2.05, 4.69) is 21.1 Å². The zero-order valence-corrected chi connectivity index (χ0v) is 17.3. The number of benzene rings is 1. The molecule has 144 valence electrons. The summed E-state index contributed by atoms with van der Waals surface area (Å²) in [5.74, 6) is -0.118. The van der Waals surface area contributed by atoms with Crippen LogP contribution in [-0.2, 0) is 9.53 Å². The van der Waals surface area contributed by atoms with Crippen LogP contribution >= 0.6 is 23.8 Å². The first-order valence-corrected chi connectivity index (χ1v) is 9.53. The lowest BCUT2D eigenvalue weighted by Crippen LogP contribution is -2.48. The van der Waals surface area contributed by atoms with Crippen LogP contribution in [0.3, 0.4) is 0 Å². The van der Waals surface area contributed by atoms with Gasteiger partial charge in [0.15, 0.2) is 5.11 Å². The molecule has 6 nitrogen and oxygen atoms in total. The molecule has 0 aromatic heterocycles. The first kappa shape index (κ1) is 20.9. The van der Waals surface area contributed by atoms with Gasteiger partial charge >= 0.3 is 0 Å². The molecular weight excluding hydrogens is 372 g/mol. The average molecular weight is 399 g/mol. The van der Waals surface area contributed by atoms with Crippen LogP contribution in [0.15, 0.2) is 12.1 Å². The van der Waals surface area contributed by atoms with E-state index in [1.807, 2.05) is 39.8 Å². The van der Waals surface area contributed by atoms with Gasteiger partial charge in [0.25, 0.3) is 0 Å². The molecule has 1 aromatic rings. The summed E-state index contributed by atoms with van der Waals surface area (Å²) in [7, 11) is 0. The zero-order chi connectivity index (χ0) is 19.3. The Kier molecular flexibility index (Phi) is 7.64. The Morgan fingerprint density at radius 1 is 1.27 bits per heavy atom. The van der Waals surface area contributed by atoms with Gasteiger partial charge in [-0.25, -0.2) is 0 Å². The number of nitrogens with zero attached hydrogens (tertiary/aromatic N) is 1. The lowest BCUT2D eigenvalue weighted by Gasteiger charge is -2.35. The fourth-order valence-electron chi connectivity index (χ4n) is 3.13. The van der Waals surface area contributed by atoms with Crippen molar-refractivity contribution in [1.29, 1.82) is 0 Å². The maximum atomic E-state index is 12.0. The highest BCUT2D eigenvalue weighted by Gasteiger charge is 2.22. The molecule has 0 spiro atoms. The van der Waals surface area contributed by atoms with Crippen LogP contribution in [0.25, 0.3) is 0 Å². The molecule has 1 aliphatic rings. The fourth-order valence-corrected chi connectivity index (χ4v) is 3.66. The van der Waals surface area contributed by atoms with E-state index in [0.717, 1.165) is 29.9 Å². The van der Waals surface area contributed by atoms with Crippen molar-refractivity contribution in [1.82, 2.24) is 15.8 Å². The lowest BCUT2D eigenvalue weighted by atomic mass is 10.1. The third kappa shape index (κ3) is 6.39. The summed E-state index contributed by atoms with van der Waals surface area (Å²) in [5.41, 5.74) is 8.15. The molecule has 0 bridgehead atoms. The molecule has 2 atom stereocenters. The summed E-state index contributed by atoms with van der Waals surface area (Å²) in [4.78, 5) is 14.3. The third-order valence-electron chi connectivity index (χ3n) is 4.14. The molecule has 0 radical (unpaired) electrons. The molecule has 1 heterocycles. The second-order valence-electron chi connectivity index (χ2n) is 6.83. The Morgan fingerprint density at radius 3 is 2.54 bits per heavy atom. The second kappa shape index (κ2) is 9.50. The number of rotatable bonds is 4. The maximum absolute atomic E-state index is 12.0. The molecule has 0 saturated carbocycles. The van der Waals surface area contributed by atoms with E-state index in [0.29, 0.717) is 23.1 Å². The Morgan fingerprint density at radius 2 is 1.92 bits per heavy atom. The number of carbonyl (C=O) groups is 1. The Balaban J connectivity index is 1.74. The van der Waals surface area contributed by atoms with Gasteiger partial charge in [-0.05, 0) is 57.1 Å². The lowest BCUT2D eigenvalue weighted by molar-refractivity contribution is -0.123. The Bertz CT molecular complexity index is 638. The average Bonchev–Trinajstić information content (AvgIpc) is 2.53. The van der Waals surface area contributed by atoms with Gasteiger partial charge in [-0.3, -0.25) is 20.5 Å². The number of morpholine rings is 1. The summed E-state index contributed by atoms with van der Waals surface area (Å²) >= 11 is 11.5. The predicted octanol–water partition coefficient (Wildman–Crippen LogP) is 2.77. The molecule has 1 amide bonds. The largest absolute Gasteiger partial charge is 0.373 e. The number of anilines is 1. The zero-order valence-electron chi connectivity index (χ0n) is 15.7. The summed E-state index contributed by atoms with van der Waals surface area (Å²) in [6, 6.07) is 3.88. The first-order chi connectivity index (χ1) is 12.2. The van der Waals surface area contributed by atoms with E-state index in [9.17, 15) is 4.79 Å². The summed E-state index contributed by atoms with van der Waals surface area (Å²) in [6.07, 6.45) is 0.776. The summed E-state index contributed by atoms with van der Waals surface area (Å²) < 4.78 is 5.69. The van der Waals surface area contributed by atoms with Crippen LogP contribution < -0.4 is 16.2 Å². The maximum Gasteiger partial charge on any atom is 0.239 e. The van der Waals surface area contributed by atoms with Crippen LogP contribution in [0.5, 0.6) is 0 Å². The van der Waals surface area contributed by atoms with E-state index < -0.39 is 0 Å². The third-order valence-corrected chi connectivity index (χ3v) is 4.64. The number of thiocarbonyl (C=S) groups is 1. The number of amides is 1. The monoisotopic (exact) mass is 398 g/mol. The van der Waals surface area contributed by atoms with Crippen molar-refractivity contribution in [2.45, 2.75) is 46.3 Å². The molecule has 8 heteroatoms. The predicted molar refractivity (Wildman–Crippen MR) is 109 cm³/mol. The minimum Gasteiger partial charge on any atom is -0.373 e. The molecule has 26 heavy (non-hydrogen) atoms. The summed E-state index contributed by atoms with van der Waals surface area (Å²) in [6.45, 7) is 10.4. The van der Waals surface area contributed by atoms with Crippen LogP contribution in [0.4, 0.5) is 5.69 Å². The van der Waals surface area contributed by atoms with Crippen molar-refractivity contribution < 1.29 is 9.53 Å². The molecule has 1 aliphatic heterocycles. The van der Waals surface area contributed by atoms with Gasteiger partial charge in [0.2, 0.25) is 5.91 Å². The van der Waals surface area contributed by atoms with Crippen LogP contribution in [0.2, 0.25) is 5.02 Å². The number of carbonyl (C=O) groups excluding carboxylic acids is 1. The molecule has 0 aliphatic carbocycles. The summed E-state index contributed by atoms with van der Waals surface area (Å²) in [5, 5.41) is 3.91. The van der Waals surface area contributed by atoms with E-state index >= 15 is 0 Å². The highest BCUT2D eigenvalue weighted by Crippen LogP contribution is 2.27. The van der Waals surface area contributed by atoms with Gasteiger partial charge in [0, 0.05) is 26.1 Å². The number of hydrazine groups is 1. The second-order valence-corrected chi connectivity index (χ2v) is 7.65. The fraction of sp³-hybridized carbons (Fsp3) is 0.556. The van der Waals surface area contributed by atoms with E-state index in [1.54, 1.807) is 0 Å². The molecule has 2 rings (SSSR count). The molecule has 1 aromatic carbocycles. The molecule has 1 saturated heterocycles. The highest BCUT2D eigenvalue weighted by molar-refractivity contribution is 7.80. The standard InChI is InChI=1S/C18H27ClN4O2S/c1-11-7-12(2)17(15(19)8-11)20-18(26)22-21-16(24)5-6-23-9-13(3)25-14(4)10-23/h7-8,13-14H,5-6,9-10H2,1-4H3,(H,21,24)(H2,20,22,26)/t13-,14-/m0/s1. The van der Waals surface area contributed by atoms with Crippen molar-refractivity contribution in [2.75, 3.05) is 25.0 Å². The topological polar surface area (TPSA) is 65.6 Å². The molecule has 1 fully saturated rings. The highest BCUT2D eigenvalue weighted by atomic mass is 35.5. The minimum atomic E-state index is -0.118. The molecule has 3 N–H and O–H groups in total. The number of aryl methyl sites for hydroxylation is 2. The van der Waals surface area contributed by atoms with E-state index in [1.165, 1.54) is 0 Å². The number of hydrogen-bond donors (Lipinski definition) is 3. The first-order valence-electron chi connectivity index (χ1n) is 8.75. The van der Waals surface area contributed by atoms with E-state index in [-0.39, 0.29) is 18.1 Å². The number of ether oxygens (including phenoxy) is 1. The SMILES string of the molecule is Cc1cc(C)c(NC(=S)NNC(=O)CCN2C[C@H](C)O[C@@H](C)C2)c(Cl)c1. The molecule has 0 unspecified atom stereocenters. The number of halogens is 1.